The standard InChI is InChI=1S/C29H35F2N7O4/c1-29(2,3)42-28(41)34-16-24(39)38-11-9-21(38)15-33-27(40)22-13-23(31)25(19-14-35-37(4)17-19)36-26(22)32-10-8-18-6-5-7-20(30)12-18/h5-7,12-14,17,21H,8-11,15-16H2,1-4H3,(H,32,36)(H,33,40)(H,34,41)/t21-/m1/s1. The van der Waals surface area contributed by atoms with E-state index in [1.807, 2.05) is 0 Å². The number of benzene rings is 1. The highest BCUT2D eigenvalue weighted by Crippen LogP contribution is 2.26. The summed E-state index contributed by atoms with van der Waals surface area (Å²) in [5.41, 5.74) is 0.524. The molecule has 2 aromatic heterocycles. The summed E-state index contributed by atoms with van der Waals surface area (Å²) in [5, 5.41) is 12.4. The number of carbonyl (C=O) groups is 3. The van der Waals surface area contributed by atoms with Crippen LogP contribution in [-0.2, 0) is 23.0 Å². The molecule has 0 spiro atoms. The van der Waals surface area contributed by atoms with Crippen LogP contribution in [-0.4, -0.2) is 75.4 Å². The SMILES string of the molecule is Cn1cc(-c2nc(NCCc3cccc(F)c3)c(C(=O)NC[C@H]3CCN3C(=O)CNC(=O)OC(C)(C)C)cc2F)cn1. The van der Waals surface area contributed by atoms with Gasteiger partial charge in [0.2, 0.25) is 5.91 Å². The van der Waals surface area contributed by atoms with Crippen molar-refractivity contribution in [1.82, 2.24) is 30.3 Å². The van der Waals surface area contributed by atoms with Crippen molar-refractivity contribution in [2.45, 2.75) is 45.3 Å². The Morgan fingerprint density at radius 1 is 1.14 bits per heavy atom. The number of carbonyl (C=O) groups excluding carboxylic acids is 3. The fraction of sp³-hybridized carbons (Fsp3) is 0.414. The molecular formula is C29H35F2N7O4. The van der Waals surface area contributed by atoms with Crippen LogP contribution in [0.25, 0.3) is 11.3 Å². The highest BCUT2D eigenvalue weighted by molar-refractivity contribution is 5.99. The summed E-state index contributed by atoms with van der Waals surface area (Å²) in [6, 6.07) is 7.01. The Kier molecular flexibility index (Phi) is 9.38. The van der Waals surface area contributed by atoms with Crippen LogP contribution >= 0.6 is 0 Å². The first kappa shape index (κ1) is 30.4. The smallest absolute Gasteiger partial charge is 0.408 e. The molecule has 224 valence electrons. The first-order valence-electron chi connectivity index (χ1n) is 13.6. The fourth-order valence-electron chi connectivity index (χ4n) is 4.41. The van der Waals surface area contributed by atoms with E-state index in [0.717, 1.165) is 11.6 Å². The number of nitrogens with one attached hydrogen (secondary N) is 3. The number of hydrogen-bond acceptors (Lipinski definition) is 7. The van der Waals surface area contributed by atoms with Crippen molar-refractivity contribution in [2.24, 2.45) is 7.05 Å². The van der Waals surface area contributed by atoms with E-state index in [4.69, 9.17) is 4.74 Å². The molecule has 0 aliphatic carbocycles. The van der Waals surface area contributed by atoms with Crippen LogP contribution in [0.2, 0.25) is 0 Å². The minimum atomic E-state index is -0.697. The zero-order valence-corrected chi connectivity index (χ0v) is 24.0. The third kappa shape index (κ3) is 8.02. The molecule has 0 bridgehead atoms. The van der Waals surface area contributed by atoms with Crippen molar-refractivity contribution >= 4 is 23.7 Å². The highest BCUT2D eigenvalue weighted by atomic mass is 19.1. The Balaban J connectivity index is 1.41. The lowest BCUT2D eigenvalue weighted by molar-refractivity contribution is -0.137. The highest BCUT2D eigenvalue weighted by Gasteiger charge is 2.33. The second-order valence-electron chi connectivity index (χ2n) is 11.0. The van der Waals surface area contributed by atoms with Gasteiger partial charge >= 0.3 is 6.09 Å². The van der Waals surface area contributed by atoms with Crippen molar-refractivity contribution < 1.29 is 27.9 Å². The van der Waals surface area contributed by atoms with Crippen LogP contribution in [0.5, 0.6) is 0 Å². The molecule has 3 heterocycles. The molecule has 4 rings (SSSR count). The number of amides is 3. The molecule has 3 aromatic rings. The summed E-state index contributed by atoms with van der Waals surface area (Å²) < 4.78 is 35.4. The molecule has 0 unspecified atom stereocenters. The van der Waals surface area contributed by atoms with E-state index in [1.54, 1.807) is 51.0 Å². The molecular weight excluding hydrogens is 548 g/mol. The van der Waals surface area contributed by atoms with E-state index in [9.17, 15) is 18.8 Å². The Morgan fingerprint density at radius 3 is 2.57 bits per heavy atom. The Morgan fingerprint density at radius 2 is 1.93 bits per heavy atom. The lowest BCUT2D eigenvalue weighted by Gasteiger charge is -2.41. The number of ether oxygens (including phenoxy) is 1. The van der Waals surface area contributed by atoms with Crippen LogP contribution in [0, 0.1) is 11.6 Å². The molecule has 0 radical (unpaired) electrons. The van der Waals surface area contributed by atoms with Gasteiger partial charge in [-0.3, -0.25) is 14.3 Å². The van der Waals surface area contributed by atoms with Crippen LogP contribution in [0.1, 0.15) is 43.1 Å². The van der Waals surface area contributed by atoms with Gasteiger partial charge in [-0.2, -0.15) is 5.10 Å². The number of aromatic nitrogens is 3. The first-order chi connectivity index (χ1) is 19.9. The van der Waals surface area contributed by atoms with E-state index in [1.165, 1.54) is 23.0 Å². The number of likely N-dealkylation sites (tertiary alicyclic amines) is 1. The maximum atomic E-state index is 15.2. The number of aryl methyl sites for hydroxylation is 1. The van der Waals surface area contributed by atoms with Gasteiger partial charge in [0.15, 0.2) is 5.82 Å². The molecule has 42 heavy (non-hydrogen) atoms. The Bertz CT molecular complexity index is 1450. The minimum absolute atomic E-state index is 0.0109. The number of alkyl carbamates (subject to hydrolysis) is 1. The molecule has 13 heteroatoms. The molecule has 11 nitrogen and oxygen atoms in total. The molecule has 1 aliphatic heterocycles. The van der Waals surface area contributed by atoms with Gasteiger partial charge in [-0.15, -0.1) is 0 Å². The lowest BCUT2D eigenvalue weighted by atomic mass is 10.0. The van der Waals surface area contributed by atoms with Gasteiger partial charge < -0.3 is 25.6 Å². The maximum absolute atomic E-state index is 15.2. The van der Waals surface area contributed by atoms with Gasteiger partial charge in [0, 0.05) is 38.4 Å². The van der Waals surface area contributed by atoms with Gasteiger partial charge in [-0.05, 0) is 57.4 Å². The van der Waals surface area contributed by atoms with E-state index >= 15 is 4.39 Å². The Labute approximate surface area is 242 Å². The second-order valence-corrected chi connectivity index (χ2v) is 11.0. The number of hydrogen-bond donors (Lipinski definition) is 3. The average Bonchev–Trinajstić information content (AvgIpc) is 3.32. The van der Waals surface area contributed by atoms with E-state index in [0.29, 0.717) is 31.5 Å². The van der Waals surface area contributed by atoms with Crippen molar-refractivity contribution in [3.63, 3.8) is 0 Å². The van der Waals surface area contributed by atoms with E-state index < -0.39 is 23.4 Å². The van der Waals surface area contributed by atoms with Crippen molar-refractivity contribution in [3.8, 4) is 11.3 Å². The normalized spacial score (nSPS) is 14.6. The summed E-state index contributed by atoms with van der Waals surface area (Å²) in [6.45, 7) is 5.86. The van der Waals surface area contributed by atoms with Crippen molar-refractivity contribution in [2.75, 3.05) is 31.5 Å². The van der Waals surface area contributed by atoms with Crippen LogP contribution in [0.4, 0.5) is 19.4 Å². The maximum Gasteiger partial charge on any atom is 0.408 e. The molecule has 1 fully saturated rings. The van der Waals surface area contributed by atoms with Gasteiger partial charge in [0.1, 0.15) is 29.5 Å². The molecule has 1 atom stereocenters. The predicted molar refractivity (Wildman–Crippen MR) is 152 cm³/mol. The zero-order chi connectivity index (χ0) is 30.4. The fourth-order valence-corrected chi connectivity index (χ4v) is 4.41. The summed E-state index contributed by atoms with van der Waals surface area (Å²) in [4.78, 5) is 43.6. The molecule has 3 amide bonds. The van der Waals surface area contributed by atoms with Gasteiger partial charge in [0.05, 0.1) is 17.8 Å². The summed E-state index contributed by atoms with van der Waals surface area (Å²) >= 11 is 0. The number of nitrogens with zero attached hydrogens (tertiary/aromatic N) is 4. The average molecular weight is 584 g/mol. The van der Waals surface area contributed by atoms with Gasteiger partial charge in [-0.1, -0.05) is 12.1 Å². The van der Waals surface area contributed by atoms with Crippen LogP contribution < -0.4 is 16.0 Å². The number of rotatable bonds is 10. The van der Waals surface area contributed by atoms with Gasteiger partial charge in [-0.25, -0.2) is 18.6 Å². The van der Waals surface area contributed by atoms with E-state index in [-0.39, 0.29) is 47.9 Å². The molecule has 1 aliphatic rings. The van der Waals surface area contributed by atoms with Crippen molar-refractivity contribution in [3.05, 3.63) is 65.5 Å². The number of halogens is 2. The molecule has 1 aromatic carbocycles. The quantitative estimate of drug-likeness (QED) is 0.334. The third-order valence-electron chi connectivity index (χ3n) is 6.54. The summed E-state index contributed by atoms with van der Waals surface area (Å²) in [6.07, 6.45) is 3.49. The predicted octanol–water partition coefficient (Wildman–Crippen LogP) is 3.27. The third-order valence-corrected chi connectivity index (χ3v) is 6.54. The summed E-state index contributed by atoms with van der Waals surface area (Å²) in [7, 11) is 1.70. The summed E-state index contributed by atoms with van der Waals surface area (Å²) in [5.74, 6) is -1.77. The number of pyridine rings is 1. The second kappa shape index (κ2) is 13.0. The minimum Gasteiger partial charge on any atom is -0.444 e. The Hall–Kier alpha value is -4.55. The molecule has 0 saturated carbocycles. The first-order valence-corrected chi connectivity index (χ1v) is 13.6. The van der Waals surface area contributed by atoms with E-state index in [2.05, 4.69) is 26.0 Å². The zero-order valence-electron chi connectivity index (χ0n) is 24.0. The monoisotopic (exact) mass is 583 g/mol. The topological polar surface area (TPSA) is 130 Å². The largest absolute Gasteiger partial charge is 0.444 e. The molecule has 3 N–H and O–H groups in total. The van der Waals surface area contributed by atoms with Crippen LogP contribution in [0.3, 0.4) is 0 Å². The van der Waals surface area contributed by atoms with Crippen LogP contribution in [0.15, 0.2) is 42.7 Å². The van der Waals surface area contributed by atoms with Crippen molar-refractivity contribution in [1.29, 1.82) is 0 Å². The molecule has 1 saturated heterocycles. The lowest BCUT2D eigenvalue weighted by Crippen LogP contribution is -2.58. The number of anilines is 1. The van der Waals surface area contributed by atoms with Gasteiger partial charge in [0.25, 0.3) is 5.91 Å².